The first-order chi connectivity index (χ1) is 16.7. The first-order valence-electron chi connectivity index (χ1n) is 11.0. The minimum absolute atomic E-state index is 0. The topological polar surface area (TPSA) is 125 Å². The predicted molar refractivity (Wildman–Crippen MR) is 143 cm³/mol. The van der Waals surface area contributed by atoms with Gasteiger partial charge in [0.1, 0.15) is 23.0 Å². The first-order valence-corrected chi connectivity index (χ1v) is 11.9. The number of ether oxygens (including phenoxy) is 1. The number of aromatic amines is 2. The molecule has 35 heavy (non-hydrogen) atoms. The third-order valence-electron chi connectivity index (χ3n) is 5.88. The predicted octanol–water partition coefficient (Wildman–Crippen LogP) is 3.44. The third-order valence-corrected chi connectivity index (χ3v) is 6.81. The molecule has 6 rings (SSSR count). The summed E-state index contributed by atoms with van der Waals surface area (Å²) < 4.78 is 6.38. The second-order valence-corrected chi connectivity index (χ2v) is 9.00. The van der Waals surface area contributed by atoms with Crippen molar-refractivity contribution in [1.82, 2.24) is 29.9 Å². The van der Waals surface area contributed by atoms with Crippen LogP contribution in [0.4, 0.5) is 11.5 Å². The second kappa shape index (κ2) is 9.64. The molecule has 1 fully saturated rings. The summed E-state index contributed by atoms with van der Waals surface area (Å²) in [7, 11) is 0. The maximum atomic E-state index is 13.2. The van der Waals surface area contributed by atoms with E-state index in [1.165, 1.54) is 0 Å². The Labute approximate surface area is 211 Å². The van der Waals surface area contributed by atoms with Gasteiger partial charge in [0.05, 0.1) is 52.4 Å². The molecule has 12 heteroatoms. The lowest BCUT2D eigenvalue weighted by Gasteiger charge is -2.27. The molecule has 0 aromatic carbocycles. The molecule has 1 aliphatic heterocycles. The van der Waals surface area contributed by atoms with Crippen molar-refractivity contribution >= 4 is 57.6 Å². The number of nitrogens with one attached hydrogen (secondary N) is 3. The van der Waals surface area contributed by atoms with Gasteiger partial charge >= 0.3 is 0 Å². The summed E-state index contributed by atoms with van der Waals surface area (Å²) in [5, 5.41) is 5.43. The van der Waals surface area contributed by atoms with E-state index in [9.17, 15) is 4.79 Å². The van der Waals surface area contributed by atoms with E-state index in [1.807, 2.05) is 24.4 Å². The van der Waals surface area contributed by atoms with Crippen LogP contribution < -0.4 is 15.8 Å². The average molecular weight is 509 g/mol. The van der Waals surface area contributed by atoms with E-state index in [0.29, 0.717) is 36.1 Å². The maximum absolute atomic E-state index is 13.2. The van der Waals surface area contributed by atoms with Crippen molar-refractivity contribution in [1.29, 1.82) is 0 Å². The molecule has 0 radical (unpaired) electrons. The largest absolute Gasteiger partial charge is 0.378 e. The van der Waals surface area contributed by atoms with Crippen LogP contribution >= 0.6 is 24.8 Å². The number of pyridine rings is 2. The Bertz CT molecular complexity index is 1530. The number of imidazole rings is 1. The SMILES string of the molecule is C[C@H](Nc1c(-c2nc3cc(N4CCOCC4)ncc3[nH]2)c(=O)[nH]c2ccsc12)c1ncccn1.S. The van der Waals surface area contributed by atoms with E-state index in [-0.39, 0.29) is 25.1 Å². The highest BCUT2D eigenvalue weighted by Crippen LogP contribution is 2.36. The molecule has 0 aliphatic carbocycles. The van der Waals surface area contributed by atoms with Gasteiger partial charge in [-0.05, 0) is 24.4 Å². The molecule has 0 unspecified atom stereocenters. The molecule has 0 bridgehead atoms. The molecule has 1 saturated heterocycles. The summed E-state index contributed by atoms with van der Waals surface area (Å²) in [6.07, 6.45) is 5.18. The number of morpholine rings is 1. The van der Waals surface area contributed by atoms with Gasteiger partial charge in [-0.15, -0.1) is 11.3 Å². The molecule has 180 valence electrons. The van der Waals surface area contributed by atoms with Crippen molar-refractivity contribution in [3.05, 3.63) is 58.3 Å². The summed E-state index contributed by atoms with van der Waals surface area (Å²) in [5.41, 5.74) is 3.21. The summed E-state index contributed by atoms with van der Waals surface area (Å²) in [5.74, 6) is 1.98. The van der Waals surface area contributed by atoms with Crippen molar-refractivity contribution in [3.8, 4) is 11.4 Å². The van der Waals surface area contributed by atoms with Gasteiger partial charge in [-0.25, -0.2) is 19.9 Å². The van der Waals surface area contributed by atoms with Crippen molar-refractivity contribution in [3.63, 3.8) is 0 Å². The fourth-order valence-corrected chi connectivity index (χ4v) is 5.04. The zero-order valence-corrected chi connectivity index (χ0v) is 20.7. The van der Waals surface area contributed by atoms with Crippen LogP contribution in [0.5, 0.6) is 0 Å². The number of rotatable bonds is 5. The standard InChI is InChI=1S/C23H22N8O2S.H2S/c1-13(21-24-4-2-5-25-21)27-19-18(23(32)30-14-3-10-34-20(14)19)22-28-15-11-17(26-12-16(15)29-22)31-6-8-33-9-7-31;/h2-5,10-13H,6-9H2,1H3,(H,28,29)(H2,27,30,32);1H2/t13-;/m0./s1. The number of thiophene rings is 1. The molecule has 1 aliphatic rings. The van der Waals surface area contributed by atoms with Crippen LogP contribution in [0.25, 0.3) is 32.6 Å². The highest BCUT2D eigenvalue weighted by molar-refractivity contribution is 7.59. The number of fused-ring (bicyclic) bond motifs is 2. The van der Waals surface area contributed by atoms with Crippen LogP contribution in [-0.2, 0) is 4.74 Å². The molecule has 0 spiro atoms. The molecule has 6 heterocycles. The van der Waals surface area contributed by atoms with Crippen molar-refractivity contribution in [2.24, 2.45) is 0 Å². The molecule has 10 nitrogen and oxygen atoms in total. The molecular weight excluding hydrogens is 484 g/mol. The molecule has 0 saturated carbocycles. The Morgan fingerprint density at radius 3 is 2.74 bits per heavy atom. The maximum Gasteiger partial charge on any atom is 0.261 e. The fourth-order valence-electron chi connectivity index (χ4n) is 4.17. The van der Waals surface area contributed by atoms with Crippen LogP contribution in [-0.4, -0.2) is 56.2 Å². The van der Waals surface area contributed by atoms with Crippen molar-refractivity contribution in [2.75, 3.05) is 36.5 Å². The zero-order chi connectivity index (χ0) is 23.1. The lowest BCUT2D eigenvalue weighted by Crippen LogP contribution is -2.36. The Hall–Kier alpha value is -3.48. The van der Waals surface area contributed by atoms with E-state index >= 15 is 0 Å². The third kappa shape index (κ3) is 4.35. The monoisotopic (exact) mass is 508 g/mol. The minimum atomic E-state index is -0.227. The van der Waals surface area contributed by atoms with Crippen LogP contribution in [0.1, 0.15) is 18.8 Å². The van der Waals surface area contributed by atoms with Crippen LogP contribution in [0.2, 0.25) is 0 Å². The lowest BCUT2D eigenvalue weighted by atomic mass is 10.1. The van der Waals surface area contributed by atoms with E-state index in [0.717, 1.165) is 40.2 Å². The molecular formula is C23H24N8O2S2. The molecule has 5 aromatic rings. The number of hydrogen-bond acceptors (Lipinski definition) is 9. The number of hydrogen-bond donors (Lipinski definition) is 3. The minimum Gasteiger partial charge on any atom is -0.378 e. The van der Waals surface area contributed by atoms with Crippen LogP contribution in [0.15, 0.2) is 47.0 Å². The Morgan fingerprint density at radius 1 is 1.14 bits per heavy atom. The van der Waals surface area contributed by atoms with Gasteiger partial charge < -0.3 is 24.9 Å². The van der Waals surface area contributed by atoms with E-state index in [4.69, 9.17) is 9.72 Å². The fraction of sp³-hybridized carbons (Fsp3) is 0.261. The van der Waals surface area contributed by atoms with E-state index in [2.05, 4.69) is 35.1 Å². The highest BCUT2D eigenvalue weighted by atomic mass is 32.1. The van der Waals surface area contributed by atoms with Gasteiger partial charge in [-0.2, -0.15) is 13.5 Å². The summed E-state index contributed by atoms with van der Waals surface area (Å²) >= 11 is 1.55. The smallest absolute Gasteiger partial charge is 0.261 e. The van der Waals surface area contributed by atoms with E-state index < -0.39 is 0 Å². The number of anilines is 2. The average Bonchev–Trinajstić information content (AvgIpc) is 3.51. The number of H-pyrrole nitrogens is 2. The van der Waals surface area contributed by atoms with Crippen LogP contribution in [0, 0.1) is 0 Å². The van der Waals surface area contributed by atoms with Gasteiger partial charge in [0, 0.05) is 31.5 Å². The zero-order valence-electron chi connectivity index (χ0n) is 18.9. The summed E-state index contributed by atoms with van der Waals surface area (Å²) in [4.78, 5) is 39.8. The molecule has 1 atom stereocenters. The molecule has 3 N–H and O–H groups in total. The molecule has 0 amide bonds. The summed E-state index contributed by atoms with van der Waals surface area (Å²) in [6, 6.07) is 5.41. The second-order valence-electron chi connectivity index (χ2n) is 8.09. The van der Waals surface area contributed by atoms with Gasteiger partial charge in [0.2, 0.25) is 0 Å². The Balaban J connectivity index is 0.00000253. The van der Waals surface area contributed by atoms with Crippen molar-refractivity contribution < 1.29 is 4.74 Å². The lowest BCUT2D eigenvalue weighted by molar-refractivity contribution is 0.122. The normalized spacial score (nSPS) is 14.7. The first kappa shape index (κ1) is 23.3. The Kier molecular flexibility index (Phi) is 6.41. The summed E-state index contributed by atoms with van der Waals surface area (Å²) in [6.45, 7) is 4.91. The number of aromatic nitrogens is 6. The van der Waals surface area contributed by atoms with E-state index in [1.54, 1.807) is 36.0 Å². The quantitative estimate of drug-likeness (QED) is 0.330. The number of nitrogens with zero attached hydrogens (tertiary/aromatic N) is 5. The van der Waals surface area contributed by atoms with Gasteiger partial charge in [-0.1, -0.05) is 0 Å². The van der Waals surface area contributed by atoms with Gasteiger partial charge in [-0.3, -0.25) is 4.79 Å². The highest BCUT2D eigenvalue weighted by Gasteiger charge is 2.22. The van der Waals surface area contributed by atoms with Crippen molar-refractivity contribution in [2.45, 2.75) is 13.0 Å². The Morgan fingerprint density at radius 2 is 1.94 bits per heavy atom. The van der Waals surface area contributed by atoms with Crippen LogP contribution in [0.3, 0.4) is 0 Å². The van der Waals surface area contributed by atoms with Gasteiger partial charge in [0.25, 0.3) is 5.56 Å². The van der Waals surface area contributed by atoms with Gasteiger partial charge in [0.15, 0.2) is 0 Å². The molecule has 5 aromatic heterocycles.